The van der Waals surface area contributed by atoms with Crippen LogP contribution in [0.2, 0.25) is 0 Å². The molecule has 1 saturated carbocycles. The van der Waals surface area contributed by atoms with Crippen LogP contribution in [0.1, 0.15) is 43.4 Å². The Morgan fingerprint density at radius 1 is 1.22 bits per heavy atom. The molecule has 6 N–H and O–H groups in total. The van der Waals surface area contributed by atoms with Gasteiger partial charge in [0.2, 0.25) is 5.78 Å². The fourth-order valence-electron chi connectivity index (χ4n) is 5.28. The molecule has 0 saturated heterocycles. The van der Waals surface area contributed by atoms with Crippen molar-refractivity contribution in [3.8, 4) is 5.75 Å². The standard InChI is InChI=1S/C23H24N2O7/c1-3-25-9(2)12-4-5-14(26)17-13(12)7-10-6-11-8-15(27)18(22(24)31)21(30)23(11,32)20(29)16(10)19(17)28/h4-5,10-11,26,28,30,32H,3,6-8H2,1-2H3,(H2,24,31)/t10-,11+,23+/m1/s1. The number of phenolic OH excluding ortho intramolecular Hbond substituents is 1. The smallest absolute Gasteiger partial charge is 0.255 e. The summed E-state index contributed by atoms with van der Waals surface area (Å²) in [5, 5.41) is 43.3. The molecule has 0 aliphatic heterocycles. The highest BCUT2D eigenvalue weighted by atomic mass is 16.3. The first-order valence-electron chi connectivity index (χ1n) is 10.4. The third-order valence-electron chi connectivity index (χ3n) is 6.73. The number of aliphatic hydroxyl groups is 3. The van der Waals surface area contributed by atoms with Crippen molar-refractivity contribution in [2.75, 3.05) is 6.54 Å². The highest BCUT2D eigenvalue weighted by Gasteiger charge is 2.60. The van der Waals surface area contributed by atoms with E-state index >= 15 is 0 Å². The Bertz CT molecular complexity index is 1180. The van der Waals surface area contributed by atoms with Crippen molar-refractivity contribution in [2.45, 2.75) is 38.7 Å². The number of ketones is 2. The van der Waals surface area contributed by atoms with E-state index in [4.69, 9.17) is 5.73 Å². The van der Waals surface area contributed by atoms with Crippen molar-refractivity contribution in [1.29, 1.82) is 0 Å². The monoisotopic (exact) mass is 440 g/mol. The predicted molar refractivity (Wildman–Crippen MR) is 114 cm³/mol. The summed E-state index contributed by atoms with van der Waals surface area (Å²) >= 11 is 0. The number of nitrogens with two attached hydrogens (primary N) is 1. The summed E-state index contributed by atoms with van der Waals surface area (Å²) in [5.41, 5.74) is 3.78. The van der Waals surface area contributed by atoms with Crippen LogP contribution >= 0.6 is 0 Å². The molecule has 168 valence electrons. The van der Waals surface area contributed by atoms with Gasteiger partial charge in [0.15, 0.2) is 11.4 Å². The number of nitrogens with zero attached hydrogens (tertiary/aromatic N) is 1. The van der Waals surface area contributed by atoms with Crippen LogP contribution in [0.15, 0.2) is 34.0 Å². The zero-order valence-corrected chi connectivity index (χ0v) is 17.7. The number of fused-ring (bicyclic) bond motifs is 3. The number of benzene rings is 1. The van der Waals surface area contributed by atoms with Crippen LogP contribution in [-0.2, 0) is 20.8 Å². The number of phenols is 1. The van der Waals surface area contributed by atoms with Gasteiger partial charge in [-0.1, -0.05) is 0 Å². The molecule has 0 heterocycles. The number of Topliss-reactive ketones (excluding diaryl/α,β-unsaturated/α-hetero) is 2. The summed E-state index contributed by atoms with van der Waals surface area (Å²) in [4.78, 5) is 41.9. The van der Waals surface area contributed by atoms with Crippen molar-refractivity contribution < 1.29 is 34.8 Å². The minimum Gasteiger partial charge on any atom is -0.508 e. The fourth-order valence-corrected chi connectivity index (χ4v) is 5.28. The van der Waals surface area contributed by atoms with Crippen molar-refractivity contribution in [3.05, 3.63) is 45.7 Å². The van der Waals surface area contributed by atoms with E-state index < -0.39 is 52.0 Å². The van der Waals surface area contributed by atoms with E-state index in [0.29, 0.717) is 17.8 Å². The number of carbonyl (C=O) groups excluding carboxylic acids is 3. The van der Waals surface area contributed by atoms with Crippen molar-refractivity contribution in [2.24, 2.45) is 22.6 Å². The molecule has 9 heteroatoms. The van der Waals surface area contributed by atoms with Crippen molar-refractivity contribution >= 4 is 28.9 Å². The molecule has 4 rings (SSSR count). The van der Waals surface area contributed by atoms with E-state index in [1.165, 1.54) is 6.07 Å². The van der Waals surface area contributed by atoms with Gasteiger partial charge in [-0.25, -0.2) is 0 Å². The first kappa shape index (κ1) is 21.8. The first-order valence-corrected chi connectivity index (χ1v) is 10.4. The summed E-state index contributed by atoms with van der Waals surface area (Å²) < 4.78 is 0. The normalized spacial score (nSPS) is 27.8. The Morgan fingerprint density at radius 2 is 1.91 bits per heavy atom. The highest BCUT2D eigenvalue weighted by Crippen LogP contribution is 2.52. The lowest BCUT2D eigenvalue weighted by Gasteiger charge is -2.46. The van der Waals surface area contributed by atoms with Gasteiger partial charge >= 0.3 is 0 Å². The number of amides is 1. The molecule has 3 atom stereocenters. The fraction of sp³-hybridized carbons (Fsp3) is 0.391. The lowest BCUT2D eigenvalue weighted by atomic mass is 9.59. The van der Waals surface area contributed by atoms with Crippen LogP contribution in [0.25, 0.3) is 5.76 Å². The van der Waals surface area contributed by atoms with Crippen LogP contribution in [0.5, 0.6) is 5.75 Å². The predicted octanol–water partition coefficient (Wildman–Crippen LogP) is 1.25. The number of carbonyl (C=O) groups is 3. The number of aliphatic hydroxyl groups excluding tert-OH is 2. The Hall–Kier alpha value is -3.46. The van der Waals surface area contributed by atoms with Crippen LogP contribution < -0.4 is 5.73 Å². The molecule has 0 unspecified atom stereocenters. The molecule has 0 bridgehead atoms. The van der Waals surface area contributed by atoms with Crippen LogP contribution in [0, 0.1) is 11.8 Å². The number of hydrogen-bond acceptors (Lipinski definition) is 8. The number of primary amides is 1. The molecule has 0 aromatic heterocycles. The quantitative estimate of drug-likeness (QED) is 0.348. The maximum absolute atomic E-state index is 13.4. The number of aromatic hydroxyl groups is 1. The van der Waals surface area contributed by atoms with E-state index in [2.05, 4.69) is 4.99 Å². The molecular weight excluding hydrogens is 416 g/mol. The van der Waals surface area contributed by atoms with E-state index in [-0.39, 0.29) is 36.1 Å². The molecule has 9 nitrogen and oxygen atoms in total. The van der Waals surface area contributed by atoms with Crippen molar-refractivity contribution in [3.63, 3.8) is 0 Å². The topological polar surface area (TPSA) is 171 Å². The van der Waals surface area contributed by atoms with Gasteiger partial charge in [0.25, 0.3) is 5.91 Å². The maximum Gasteiger partial charge on any atom is 0.255 e. The Kier molecular flexibility index (Phi) is 4.97. The molecule has 1 amide bonds. The second kappa shape index (κ2) is 7.30. The van der Waals surface area contributed by atoms with Gasteiger partial charge in [-0.15, -0.1) is 0 Å². The van der Waals surface area contributed by atoms with Gasteiger partial charge in [0, 0.05) is 30.2 Å². The molecule has 32 heavy (non-hydrogen) atoms. The third kappa shape index (κ3) is 2.81. The lowest BCUT2D eigenvalue weighted by molar-refractivity contribution is -0.147. The highest BCUT2D eigenvalue weighted by molar-refractivity contribution is 6.22. The van der Waals surface area contributed by atoms with E-state index in [0.717, 1.165) is 5.56 Å². The molecule has 1 fully saturated rings. The zero-order valence-electron chi connectivity index (χ0n) is 17.7. The average molecular weight is 440 g/mol. The van der Waals surface area contributed by atoms with Gasteiger partial charge in [-0.05, 0) is 55.9 Å². The summed E-state index contributed by atoms with van der Waals surface area (Å²) in [6.07, 6.45) is 0.0157. The maximum atomic E-state index is 13.4. The minimum absolute atomic E-state index is 0.0697. The Balaban J connectivity index is 1.94. The van der Waals surface area contributed by atoms with E-state index in [9.17, 15) is 34.8 Å². The molecule has 1 aromatic carbocycles. The average Bonchev–Trinajstić information content (AvgIpc) is 2.70. The summed E-state index contributed by atoms with van der Waals surface area (Å²) in [6, 6.07) is 3.09. The molecule has 0 spiro atoms. The molecule has 3 aliphatic carbocycles. The van der Waals surface area contributed by atoms with Gasteiger partial charge in [-0.2, -0.15) is 0 Å². The zero-order chi connectivity index (χ0) is 23.5. The van der Waals surface area contributed by atoms with E-state index in [1.54, 1.807) is 6.07 Å². The van der Waals surface area contributed by atoms with Gasteiger partial charge < -0.3 is 26.2 Å². The van der Waals surface area contributed by atoms with Crippen LogP contribution in [0.3, 0.4) is 0 Å². The number of hydrogen-bond donors (Lipinski definition) is 5. The molecule has 1 aromatic rings. The van der Waals surface area contributed by atoms with Crippen LogP contribution in [0.4, 0.5) is 0 Å². The molecule has 0 radical (unpaired) electrons. The van der Waals surface area contributed by atoms with Gasteiger partial charge in [0.1, 0.15) is 22.8 Å². The third-order valence-corrected chi connectivity index (χ3v) is 6.73. The van der Waals surface area contributed by atoms with Crippen LogP contribution in [-0.4, -0.2) is 55.8 Å². The largest absolute Gasteiger partial charge is 0.508 e. The first-order chi connectivity index (χ1) is 15.0. The Labute approximate surface area is 183 Å². The molecular formula is C23H24N2O7. The molecule has 3 aliphatic rings. The van der Waals surface area contributed by atoms with Gasteiger partial charge in [-0.3, -0.25) is 19.4 Å². The SMILES string of the molecule is CCN=C(C)c1ccc(O)c2c1C[C@H]1C[C@H]3CC(=O)C(C(N)=O)=C(O)[C@@]3(O)C(=O)C1=C2O. The van der Waals surface area contributed by atoms with Gasteiger partial charge in [0.05, 0.1) is 5.56 Å². The number of aliphatic imine (C=N–C) groups is 1. The number of rotatable bonds is 3. The van der Waals surface area contributed by atoms with Crippen molar-refractivity contribution in [1.82, 2.24) is 0 Å². The van der Waals surface area contributed by atoms with E-state index in [1.807, 2.05) is 13.8 Å². The minimum atomic E-state index is -2.55. The second-order valence-corrected chi connectivity index (χ2v) is 8.45. The summed E-state index contributed by atoms with van der Waals surface area (Å²) in [7, 11) is 0. The summed E-state index contributed by atoms with van der Waals surface area (Å²) in [6.45, 7) is 4.24. The second-order valence-electron chi connectivity index (χ2n) is 8.45. The lowest BCUT2D eigenvalue weighted by Crippen LogP contribution is -2.58. The Morgan fingerprint density at radius 3 is 2.53 bits per heavy atom. The summed E-state index contributed by atoms with van der Waals surface area (Å²) in [5.74, 6) is -6.36.